The standard InChI is InChI=1S/C19H18N4O4/c1-12-8-14-9-17(26-2)18(27-3)10-16(14)19(21-22(12)11-20)13-4-6-15(7-5-13)23(24)25/h4-7,9-10,12H,8H2,1-3H3/t12-/m1/s1. The average Bonchev–Trinajstić information content (AvgIpc) is 2.82. The highest BCUT2D eigenvalue weighted by molar-refractivity contribution is 6.14. The minimum absolute atomic E-state index is 0.00832. The first-order valence-electron chi connectivity index (χ1n) is 8.26. The number of fused-ring (bicyclic) bond motifs is 1. The van der Waals surface area contributed by atoms with E-state index in [9.17, 15) is 15.4 Å². The first-order chi connectivity index (χ1) is 13.0. The topological polar surface area (TPSA) is 101 Å². The molecule has 1 aliphatic heterocycles. The van der Waals surface area contributed by atoms with E-state index in [1.165, 1.54) is 17.1 Å². The number of hydrogen-bond donors (Lipinski definition) is 0. The Hall–Kier alpha value is -3.60. The molecule has 8 heteroatoms. The summed E-state index contributed by atoms with van der Waals surface area (Å²) in [5.41, 5.74) is 2.96. The lowest BCUT2D eigenvalue weighted by atomic mass is 9.94. The first kappa shape index (κ1) is 18.2. The third-order valence-corrected chi connectivity index (χ3v) is 4.46. The van der Waals surface area contributed by atoms with Crippen molar-refractivity contribution >= 4 is 11.4 Å². The van der Waals surface area contributed by atoms with Crippen LogP contribution in [0.15, 0.2) is 41.5 Å². The molecule has 0 aromatic heterocycles. The highest BCUT2D eigenvalue weighted by Crippen LogP contribution is 2.34. The van der Waals surface area contributed by atoms with Gasteiger partial charge < -0.3 is 9.47 Å². The summed E-state index contributed by atoms with van der Waals surface area (Å²) in [4.78, 5) is 10.5. The van der Waals surface area contributed by atoms with E-state index >= 15 is 0 Å². The molecule has 2 aromatic carbocycles. The number of nitriles is 1. The van der Waals surface area contributed by atoms with Crippen LogP contribution in [-0.4, -0.2) is 35.9 Å². The number of rotatable bonds is 4. The molecular formula is C19H18N4O4. The highest BCUT2D eigenvalue weighted by atomic mass is 16.6. The Labute approximate surface area is 156 Å². The second kappa shape index (κ2) is 7.33. The number of nitrogens with zero attached hydrogens (tertiary/aromatic N) is 4. The summed E-state index contributed by atoms with van der Waals surface area (Å²) in [5, 5.41) is 26.3. The van der Waals surface area contributed by atoms with E-state index in [4.69, 9.17) is 9.47 Å². The van der Waals surface area contributed by atoms with Gasteiger partial charge in [0.05, 0.1) is 30.9 Å². The lowest BCUT2D eigenvalue weighted by Crippen LogP contribution is -2.24. The van der Waals surface area contributed by atoms with Gasteiger partial charge in [-0.25, -0.2) is 0 Å². The fourth-order valence-electron chi connectivity index (χ4n) is 3.05. The summed E-state index contributed by atoms with van der Waals surface area (Å²) < 4.78 is 10.8. The molecule has 138 valence electrons. The van der Waals surface area contributed by atoms with Crippen LogP contribution in [0.25, 0.3) is 0 Å². The maximum absolute atomic E-state index is 10.9. The van der Waals surface area contributed by atoms with E-state index in [1.54, 1.807) is 26.4 Å². The van der Waals surface area contributed by atoms with Crippen LogP contribution in [0, 0.1) is 21.6 Å². The van der Waals surface area contributed by atoms with Crippen LogP contribution in [0.1, 0.15) is 23.6 Å². The summed E-state index contributed by atoms with van der Waals surface area (Å²) >= 11 is 0. The number of benzene rings is 2. The van der Waals surface area contributed by atoms with Crippen molar-refractivity contribution in [2.75, 3.05) is 14.2 Å². The Morgan fingerprint density at radius 1 is 1.22 bits per heavy atom. The predicted molar refractivity (Wildman–Crippen MR) is 98.9 cm³/mol. The maximum Gasteiger partial charge on any atom is 0.269 e. The molecule has 3 rings (SSSR count). The number of non-ortho nitro benzene ring substituents is 1. The van der Waals surface area contributed by atoms with Crippen molar-refractivity contribution in [3.05, 3.63) is 63.2 Å². The summed E-state index contributed by atoms with van der Waals surface area (Å²) in [7, 11) is 3.12. The molecule has 0 amide bonds. The molecule has 2 aromatic rings. The minimum atomic E-state index is -0.454. The minimum Gasteiger partial charge on any atom is -0.493 e. The quantitative estimate of drug-likeness (QED) is 0.468. The van der Waals surface area contributed by atoms with Crippen LogP contribution in [0.5, 0.6) is 11.5 Å². The number of ether oxygens (including phenoxy) is 2. The Balaban J connectivity index is 2.21. The van der Waals surface area contributed by atoms with Gasteiger partial charge in [-0.3, -0.25) is 10.1 Å². The van der Waals surface area contributed by atoms with Gasteiger partial charge in [0.2, 0.25) is 6.19 Å². The van der Waals surface area contributed by atoms with E-state index in [0.29, 0.717) is 29.2 Å². The lowest BCUT2D eigenvalue weighted by molar-refractivity contribution is -0.384. The molecule has 0 unspecified atom stereocenters. The largest absolute Gasteiger partial charge is 0.493 e. The van der Waals surface area contributed by atoms with Crippen molar-refractivity contribution in [2.45, 2.75) is 19.4 Å². The normalized spacial score (nSPS) is 15.9. The number of hydrazone groups is 1. The Kier molecular flexibility index (Phi) is 4.94. The van der Waals surface area contributed by atoms with Crippen LogP contribution >= 0.6 is 0 Å². The van der Waals surface area contributed by atoms with Crippen molar-refractivity contribution in [1.29, 1.82) is 5.26 Å². The zero-order valence-electron chi connectivity index (χ0n) is 15.2. The van der Waals surface area contributed by atoms with Gasteiger partial charge >= 0.3 is 0 Å². The second-order valence-electron chi connectivity index (χ2n) is 6.11. The van der Waals surface area contributed by atoms with Gasteiger partial charge in [0.25, 0.3) is 5.69 Å². The Morgan fingerprint density at radius 2 is 1.85 bits per heavy atom. The first-order valence-corrected chi connectivity index (χ1v) is 8.26. The maximum atomic E-state index is 10.9. The lowest BCUT2D eigenvalue weighted by Gasteiger charge is -2.16. The van der Waals surface area contributed by atoms with Gasteiger partial charge in [-0.2, -0.15) is 15.4 Å². The molecule has 0 saturated carbocycles. The summed E-state index contributed by atoms with van der Waals surface area (Å²) in [6, 6.07) is 9.65. The van der Waals surface area contributed by atoms with Crippen LogP contribution in [-0.2, 0) is 6.42 Å². The molecule has 0 saturated heterocycles. The second-order valence-corrected chi connectivity index (χ2v) is 6.11. The summed E-state index contributed by atoms with van der Waals surface area (Å²) in [6.07, 6.45) is 2.68. The third kappa shape index (κ3) is 3.40. The summed E-state index contributed by atoms with van der Waals surface area (Å²) in [5.74, 6) is 1.14. The number of methoxy groups -OCH3 is 2. The fourth-order valence-corrected chi connectivity index (χ4v) is 3.05. The molecule has 0 radical (unpaired) electrons. The molecule has 27 heavy (non-hydrogen) atoms. The molecule has 1 atom stereocenters. The monoisotopic (exact) mass is 366 g/mol. The summed E-state index contributed by atoms with van der Waals surface area (Å²) in [6.45, 7) is 1.91. The molecule has 0 spiro atoms. The molecule has 0 N–H and O–H groups in total. The van der Waals surface area contributed by atoms with Crippen molar-refractivity contribution in [3.8, 4) is 17.7 Å². The average molecular weight is 366 g/mol. The van der Waals surface area contributed by atoms with E-state index in [1.807, 2.05) is 19.1 Å². The molecule has 1 heterocycles. The molecule has 0 bridgehead atoms. The third-order valence-electron chi connectivity index (χ3n) is 4.46. The van der Waals surface area contributed by atoms with Gasteiger partial charge in [-0.05, 0) is 43.2 Å². The zero-order valence-corrected chi connectivity index (χ0v) is 15.2. The van der Waals surface area contributed by atoms with Crippen molar-refractivity contribution < 1.29 is 14.4 Å². The molecule has 0 aliphatic carbocycles. The van der Waals surface area contributed by atoms with Gasteiger partial charge in [0.1, 0.15) is 0 Å². The van der Waals surface area contributed by atoms with Gasteiger partial charge in [0, 0.05) is 23.3 Å². The van der Waals surface area contributed by atoms with Gasteiger partial charge in [0.15, 0.2) is 11.5 Å². The zero-order chi connectivity index (χ0) is 19.6. The van der Waals surface area contributed by atoms with Crippen molar-refractivity contribution in [2.24, 2.45) is 5.10 Å². The Bertz CT molecular complexity index is 947. The van der Waals surface area contributed by atoms with Gasteiger partial charge in [-0.1, -0.05) is 0 Å². The number of hydrogen-bond acceptors (Lipinski definition) is 7. The van der Waals surface area contributed by atoms with Crippen LogP contribution < -0.4 is 9.47 Å². The molecule has 0 fully saturated rings. The molecule has 1 aliphatic rings. The smallest absolute Gasteiger partial charge is 0.269 e. The predicted octanol–water partition coefficient (Wildman–Crippen LogP) is 3.09. The molecule has 8 nitrogen and oxygen atoms in total. The number of nitro groups is 1. The van der Waals surface area contributed by atoms with Gasteiger partial charge in [-0.15, -0.1) is 0 Å². The van der Waals surface area contributed by atoms with E-state index in [-0.39, 0.29) is 11.7 Å². The highest BCUT2D eigenvalue weighted by Gasteiger charge is 2.25. The van der Waals surface area contributed by atoms with E-state index in [0.717, 1.165) is 11.1 Å². The van der Waals surface area contributed by atoms with Crippen molar-refractivity contribution in [1.82, 2.24) is 5.01 Å². The fraction of sp³-hybridized carbons (Fsp3) is 0.263. The van der Waals surface area contributed by atoms with E-state index < -0.39 is 4.92 Å². The van der Waals surface area contributed by atoms with E-state index in [2.05, 4.69) is 11.3 Å². The Morgan fingerprint density at radius 3 is 2.41 bits per heavy atom. The van der Waals surface area contributed by atoms with Crippen LogP contribution in [0.4, 0.5) is 5.69 Å². The molecular weight excluding hydrogens is 348 g/mol. The SMILES string of the molecule is COc1cc2c(cc1OC)C(c1ccc([N+](=O)[O-])cc1)=NN(C#N)[C@H](C)C2. The van der Waals surface area contributed by atoms with Crippen LogP contribution in [0.2, 0.25) is 0 Å². The van der Waals surface area contributed by atoms with Crippen molar-refractivity contribution in [3.63, 3.8) is 0 Å². The number of nitro benzene ring substituents is 1. The van der Waals surface area contributed by atoms with Crippen LogP contribution in [0.3, 0.4) is 0 Å².